The molecule has 1 aromatic rings. The molecule has 1 amide bonds. The number of hydrogen-bond acceptors (Lipinski definition) is 4. The molecular weight excluding hydrogens is 340 g/mol. The lowest BCUT2D eigenvalue weighted by atomic mass is 9.99. The summed E-state index contributed by atoms with van der Waals surface area (Å²) in [5, 5.41) is 2.99. The number of hydrogen-bond donors (Lipinski definition) is 1. The third-order valence-corrected chi connectivity index (χ3v) is 6.09. The van der Waals surface area contributed by atoms with Gasteiger partial charge in [-0.05, 0) is 88.2 Å². The second-order valence-corrected chi connectivity index (χ2v) is 8.11. The van der Waals surface area contributed by atoms with Crippen molar-refractivity contribution in [3.05, 3.63) is 24.3 Å². The first kappa shape index (κ1) is 20.2. The van der Waals surface area contributed by atoms with Gasteiger partial charge in [-0.15, -0.1) is 0 Å². The van der Waals surface area contributed by atoms with Crippen molar-refractivity contribution in [3.63, 3.8) is 0 Å². The van der Waals surface area contributed by atoms with Crippen LogP contribution in [0.4, 0.5) is 5.69 Å². The zero-order valence-corrected chi connectivity index (χ0v) is 16.8. The van der Waals surface area contributed by atoms with E-state index < -0.39 is 5.60 Å². The second kappa shape index (κ2) is 9.56. The molecule has 2 aliphatic rings. The lowest BCUT2D eigenvalue weighted by molar-refractivity contribution is -0.136. The van der Waals surface area contributed by atoms with Crippen molar-refractivity contribution in [1.29, 1.82) is 0 Å². The van der Waals surface area contributed by atoms with Crippen LogP contribution in [0.1, 0.15) is 51.9 Å². The number of methoxy groups -OCH3 is 1. The average molecular weight is 375 g/mol. The largest absolute Gasteiger partial charge is 0.494 e. The Bertz CT molecular complexity index is 588. The molecule has 1 aliphatic carbocycles. The summed E-state index contributed by atoms with van der Waals surface area (Å²) >= 11 is 0. The van der Waals surface area contributed by atoms with E-state index in [9.17, 15) is 4.79 Å². The highest BCUT2D eigenvalue weighted by Crippen LogP contribution is 2.33. The van der Waals surface area contributed by atoms with E-state index in [-0.39, 0.29) is 5.91 Å². The molecule has 0 atom stereocenters. The molecule has 1 saturated heterocycles. The van der Waals surface area contributed by atoms with Crippen LogP contribution in [-0.4, -0.2) is 49.8 Å². The van der Waals surface area contributed by atoms with Gasteiger partial charge in [0.2, 0.25) is 0 Å². The minimum Gasteiger partial charge on any atom is -0.494 e. The molecule has 3 rings (SSSR count). The average Bonchev–Trinajstić information content (AvgIpc) is 3.18. The van der Waals surface area contributed by atoms with Gasteiger partial charge in [0.15, 0.2) is 0 Å². The fraction of sp³-hybridized carbons (Fsp3) is 0.682. The Morgan fingerprint density at radius 1 is 1.19 bits per heavy atom. The standard InChI is InChI=1S/C22H34N2O3/c1-18-10-15-24(16-11-18)14-5-17-27-20-8-6-19(7-9-20)23-21(25)22(26-2)12-3-4-13-22/h6-9,18H,3-5,10-17H2,1-2H3,(H,23,25). The number of carbonyl (C=O) groups is 1. The Balaban J connectivity index is 1.39. The van der Waals surface area contributed by atoms with Crippen molar-refractivity contribution in [2.75, 3.05) is 38.7 Å². The summed E-state index contributed by atoms with van der Waals surface area (Å²) < 4.78 is 11.4. The Morgan fingerprint density at radius 3 is 2.48 bits per heavy atom. The maximum absolute atomic E-state index is 12.6. The molecule has 27 heavy (non-hydrogen) atoms. The van der Waals surface area contributed by atoms with E-state index in [0.29, 0.717) is 0 Å². The van der Waals surface area contributed by atoms with Crippen LogP contribution in [0.15, 0.2) is 24.3 Å². The van der Waals surface area contributed by atoms with Crippen LogP contribution in [0.2, 0.25) is 0 Å². The van der Waals surface area contributed by atoms with Gasteiger partial charge in [-0.25, -0.2) is 0 Å². The minimum atomic E-state index is -0.651. The molecule has 2 fully saturated rings. The highest BCUT2D eigenvalue weighted by Gasteiger charge is 2.41. The first-order chi connectivity index (χ1) is 13.1. The van der Waals surface area contributed by atoms with E-state index in [0.717, 1.165) is 62.6 Å². The molecule has 1 aliphatic heterocycles. The minimum absolute atomic E-state index is 0.0352. The number of rotatable bonds is 8. The molecule has 1 aromatic carbocycles. The van der Waals surface area contributed by atoms with E-state index in [1.54, 1.807) is 7.11 Å². The zero-order chi connectivity index (χ0) is 19.1. The maximum atomic E-state index is 12.6. The fourth-order valence-corrected chi connectivity index (χ4v) is 4.11. The number of ether oxygens (including phenoxy) is 2. The first-order valence-corrected chi connectivity index (χ1v) is 10.4. The molecular formula is C22H34N2O3. The SMILES string of the molecule is COC1(C(=O)Nc2ccc(OCCCN3CCC(C)CC3)cc2)CCCC1. The number of amides is 1. The van der Waals surface area contributed by atoms with Gasteiger partial charge in [-0.1, -0.05) is 6.92 Å². The molecule has 1 saturated carbocycles. The van der Waals surface area contributed by atoms with Gasteiger partial charge in [-0.3, -0.25) is 4.79 Å². The van der Waals surface area contributed by atoms with Gasteiger partial charge in [0.1, 0.15) is 11.4 Å². The van der Waals surface area contributed by atoms with Crippen LogP contribution in [0.25, 0.3) is 0 Å². The fourth-order valence-electron chi connectivity index (χ4n) is 4.11. The predicted octanol–water partition coefficient (Wildman–Crippen LogP) is 4.09. The number of piperidine rings is 1. The van der Waals surface area contributed by atoms with Crippen LogP contribution >= 0.6 is 0 Å². The number of nitrogens with one attached hydrogen (secondary N) is 1. The highest BCUT2D eigenvalue weighted by molar-refractivity contribution is 5.97. The van der Waals surface area contributed by atoms with Crippen molar-refractivity contribution in [1.82, 2.24) is 4.90 Å². The van der Waals surface area contributed by atoms with Crippen LogP contribution in [0.3, 0.4) is 0 Å². The predicted molar refractivity (Wildman–Crippen MR) is 108 cm³/mol. The monoisotopic (exact) mass is 374 g/mol. The van der Waals surface area contributed by atoms with Crippen LogP contribution < -0.4 is 10.1 Å². The number of benzene rings is 1. The van der Waals surface area contributed by atoms with Crippen LogP contribution in [0, 0.1) is 5.92 Å². The smallest absolute Gasteiger partial charge is 0.256 e. The van der Waals surface area contributed by atoms with Gasteiger partial charge in [0.25, 0.3) is 5.91 Å². The molecule has 150 valence electrons. The van der Waals surface area contributed by atoms with Crippen molar-refractivity contribution in [2.45, 2.75) is 57.5 Å². The molecule has 0 aromatic heterocycles. The van der Waals surface area contributed by atoms with E-state index in [1.807, 2.05) is 24.3 Å². The summed E-state index contributed by atoms with van der Waals surface area (Å²) in [6.45, 7) is 6.62. The van der Waals surface area contributed by atoms with Gasteiger partial charge < -0.3 is 19.7 Å². The van der Waals surface area contributed by atoms with Crippen molar-refractivity contribution >= 4 is 11.6 Å². The highest BCUT2D eigenvalue weighted by atomic mass is 16.5. The van der Waals surface area contributed by atoms with Gasteiger partial charge >= 0.3 is 0 Å². The molecule has 0 spiro atoms. The second-order valence-electron chi connectivity index (χ2n) is 8.11. The summed E-state index contributed by atoms with van der Waals surface area (Å²) in [5.41, 5.74) is 0.139. The summed E-state index contributed by atoms with van der Waals surface area (Å²) in [7, 11) is 1.63. The lowest BCUT2D eigenvalue weighted by Gasteiger charge is -2.30. The summed E-state index contributed by atoms with van der Waals surface area (Å²) in [5.74, 6) is 1.69. The summed E-state index contributed by atoms with van der Waals surface area (Å²) in [6.07, 6.45) is 7.37. The number of likely N-dealkylation sites (tertiary alicyclic amines) is 1. The molecule has 0 bridgehead atoms. The first-order valence-electron chi connectivity index (χ1n) is 10.4. The van der Waals surface area contributed by atoms with Crippen molar-refractivity contribution in [3.8, 4) is 5.75 Å². The molecule has 5 heteroatoms. The third kappa shape index (κ3) is 5.45. The topological polar surface area (TPSA) is 50.8 Å². The summed E-state index contributed by atoms with van der Waals surface area (Å²) in [6, 6.07) is 7.65. The quantitative estimate of drug-likeness (QED) is 0.697. The van der Waals surface area contributed by atoms with Crippen LogP contribution in [-0.2, 0) is 9.53 Å². The molecule has 0 radical (unpaired) electrons. The van der Waals surface area contributed by atoms with Gasteiger partial charge in [-0.2, -0.15) is 0 Å². The maximum Gasteiger partial charge on any atom is 0.256 e. The number of anilines is 1. The number of carbonyl (C=O) groups excluding carboxylic acids is 1. The molecule has 1 N–H and O–H groups in total. The van der Waals surface area contributed by atoms with Crippen molar-refractivity contribution in [2.24, 2.45) is 5.92 Å². The third-order valence-electron chi connectivity index (χ3n) is 6.09. The van der Waals surface area contributed by atoms with E-state index in [4.69, 9.17) is 9.47 Å². The summed E-state index contributed by atoms with van der Waals surface area (Å²) in [4.78, 5) is 15.1. The Morgan fingerprint density at radius 2 is 1.85 bits per heavy atom. The van der Waals surface area contributed by atoms with E-state index in [2.05, 4.69) is 17.1 Å². The molecule has 0 unspecified atom stereocenters. The normalized spacial score (nSPS) is 20.5. The Labute approximate surface area is 163 Å². The zero-order valence-electron chi connectivity index (χ0n) is 16.8. The van der Waals surface area contributed by atoms with E-state index in [1.165, 1.54) is 25.9 Å². The Hall–Kier alpha value is -1.59. The Kier molecular flexibility index (Phi) is 7.13. The van der Waals surface area contributed by atoms with Crippen LogP contribution in [0.5, 0.6) is 5.75 Å². The molecule has 1 heterocycles. The lowest BCUT2D eigenvalue weighted by Crippen LogP contribution is -2.42. The molecule has 5 nitrogen and oxygen atoms in total. The van der Waals surface area contributed by atoms with Crippen molar-refractivity contribution < 1.29 is 14.3 Å². The van der Waals surface area contributed by atoms with E-state index >= 15 is 0 Å². The van der Waals surface area contributed by atoms with Gasteiger partial charge in [0.05, 0.1) is 6.61 Å². The number of nitrogens with zero attached hydrogens (tertiary/aromatic N) is 1. The van der Waals surface area contributed by atoms with Gasteiger partial charge in [0, 0.05) is 19.3 Å².